The van der Waals surface area contributed by atoms with Gasteiger partial charge in [-0.3, -0.25) is 9.59 Å². The van der Waals surface area contributed by atoms with Gasteiger partial charge in [0.05, 0.1) is 6.61 Å². The SMILES string of the molecule is CCCC/C=C\CCCCCCCC(=O)OC(COCCCCCCCC/C=C\CCCCCC)COC(=O)CCCCCCC/C=C\C/C=C\CCCCC. The molecule has 0 aliphatic carbocycles. The normalized spacial score (nSPS) is 12.6. The van der Waals surface area contributed by atoms with Gasteiger partial charge >= 0.3 is 11.9 Å². The van der Waals surface area contributed by atoms with Gasteiger partial charge in [0.2, 0.25) is 0 Å². The monoisotopic (exact) mass is 785 g/mol. The first-order valence-electron chi connectivity index (χ1n) is 24.2. The maximum Gasteiger partial charge on any atom is 0.306 e. The first-order valence-corrected chi connectivity index (χ1v) is 24.2. The Bertz CT molecular complexity index is 935. The minimum atomic E-state index is -0.546. The molecule has 0 aliphatic heterocycles. The molecule has 0 spiro atoms. The van der Waals surface area contributed by atoms with E-state index in [1.54, 1.807) is 0 Å². The summed E-state index contributed by atoms with van der Waals surface area (Å²) >= 11 is 0. The molecule has 5 heteroatoms. The minimum Gasteiger partial charge on any atom is -0.462 e. The van der Waals surface area contributed by atoms with Crippen molar-refractivity contribution in [1.82, 2.24) is 0 Å². The predicted octanol–water partition coefficient (Wildman–Crippen LogP) is 16.0. The van der Waals surface area contributed by atoms with Gasteiger partial charge in [0.1, 0.15) is 6.61 Å². The van der Waals surface area contributed by atoms with Crippen molar-refractivity contribution in [2.45, 2.75) is 245 Å². The van der Waals surface area contributed by atoms with E-state index in [4.69, 9.17) is 14.2 Å². The smallest absolute Gasteiger partial charge is 0.306 e. The molecule has 0 saturated carbocycles. The molecule has 0 radical (unpaired) electrons. The van der Waals surface area contributed by atoms with Crippen molar-refractivity contribution in [3.63, 3.8) is 0 Å². The third-order valence-corrected chi connectivity index (χ3v) is 10.3. The molecule has 0 fully saturated rings. The maximum absolute atomic E-state index is 12.7. The number of unbranched alkanes of at least 4 members (excludes halogenated alkanes) is 25. The molecule has 1 unspecified atom stereocenters. The highest BCUT2D eigenvalue weighted by Crippen LogP contribution is 2.13. The lowest BCUT2D eigenvalue weighted by atomic mass is 10.1. The Morgan fingerprint density at radius 2 is 0.768 bits per heavy atom. The summed E-state index contributed by atoms with van der Waals surface area (Å²) in [6.45, 7) is 7.73. The van der Waals surface area contributed by atoms with E-state index in [1.165, 1.54) is 135 Å². The highest BCUT2D eigenvalue weighted by molar-refractivity contribution is 5.70. The van der Waals surface area contributed by atoms with Gasteiger partial charge in [0.15, 0.2) is 6.10 Å². The largest absolute Gasteiger partial charge is 0.462 e. The van der Waals surface area contributed by atoms with Gasteiger partial charge in [0.25, 0.3) is 0 Å². The lowest BCUT2D eigenvalue weighted by Gasteiger charge is -2.18. The maximum atomic E-state index is 12.7. The molecule has 0 aromatic carbocycles. The summed E-state index contributed by atoms with van der Waals surface area (Å²) in [5, 5.41) is 0. The summed E-state index contributed by atoms with van der Waals surface area (Å²) < 4.78 is 17.3. The van der Waals surface area contributed by atoms with E-state index in [1.807, 2.05) is 0 Å². The van der Waals surface area contributed by atoms with Crippen molar-refractivity contribution >= 4 is 11.9 Å². The number of carbonyl (C=O) groups excluding carboxylic acids is 2. The fourth-order valence-electron chi connectivity index (χ4n) is 6.63. The van der Waals surface area contributed by atoms with Crippen molar-refractivity contribution in [3.05, 3.63) is 48.6 Å². The van der Waals surface area contributed by atoms with E-state index in [9.17, 15) is 9.59 Å². The van der Waals surface area contributed by atoms with Crippen LogP contribution in [0.5, 0.6) is 0 Å². The molecule has 0 N–H and O–H groups in total. The zero-order chi connectivity index (χ0) is 40.7. The second kappa shape index (κ2) is 47.2. The van der Waals surface area contributed by atoms with Crippen LogP contribution in [-0.4, -0.2) is 37.9 Å². The lowest BCUT2D eigenvalue weighted by Crippen LogP contribution is -2.30. The van der Waals surface area contributed by atoms with Crippen LogP contribution in [0.3, 0.4) is 0 Å². The highest BCUT2D eigenvalue weighted by atomic mass is 16.6. The van der Waals surface area contributed by atoms with Crippen LogP contribution in [0, 0.1) is 0 Å². The number of esters is 2. The minimum absolute atomic E-state index is 0.0732. The standard InChI is InChI=1S/C51H92O5/c1-4-7-10-13-16-19-22-24-26-27-30-32-35-38-41-44-50(52)55-48-49(56-51(53)45-42-39-36-33-29-21-18-15-12-9-6-3)47-54-46-43-40-37-34-31-28-25-23-20-17-14-11-8-5-2/h15-16,18-20,23-24,26,49H,4-14,17,21-22,25,27-48H2,1-3H3/b18-15-,19-16-,23-20-,26-24-. The molecule has 0 aromatic rings. The van der Waals surface area contributed by atoms with Crippen molar-refractivity contribution in [3.8, 4) is 0 Å². The predicted molar refractivity (Wildman–Crippen MR) is 242 cm³/mol. The third kappa shape index (κ3) is 44.6. The van der Waals surface area contributed by atoms with E-state index < -0.39 is 6.10 Å². The number of rotatable bonds is 44. The lowest BCUT2D eigenvalue weighted by molar-refractivity contribution is -0.163. The summed E-state index contributed by atoms with van der Waals surface area (Å²) in [4.78, 5) is 25.3. The number of allylic oxidation sites excluding steroid dienone is 8. The summed E-state index contributed by atoms with van der Waals surface area (Å²) in [5.74, 6) is -0.423. The quantitative estimate of drug-likeness (QED) is 0.0350. The molecular formula is C51H92O5. The summed E-state index contributed by atoms with van der Waals surface area (Å²) in [7, 11) is 0. The molecule has 5 nitrogen and oxygen atoms in total. The number of ether oxygens (including phenoxy) is 3. The Balaban J connectivity index is 4.28. The van der Waals surface area contributed by atoms with E-state index >= 15 is 0 Å². The van der Waals surface area contributed by atoms with Gasteiger partial charge in [-0.2, -0.15) is 0 Å². The van der Waals surface area contributed by atoms with Crippen LogP contribution < -0.4 is 0 Å². The van der Waals surface area contributed by atoms with E-state index in [0.29, 0.717) is 19.4 Å². The average Bonchev–Trinajstić information content (AvgIpc) is 3.20. The molecule has 0 aliphatic rings. The average molecular weight is 785 g/mol. The van der Waals surface area contributed by atoms with E-state index in [-0.39, 0.29) is 25.2 Å². The molecule has 326 valence electrons. The van der Waals surface area contributed by atoms with Crippen LogP contribution in [0.25, 0.3) is 0 Å². The molecule has 0 heterocycles. The van der Waals surface area contributed by atoms with Gasteiger partial charge in [-0.1, -0.05) is 179 Å². The Morgan fingerprint density at radius 3 is 1.29 bits per heavy atom. The van der Waals surface area contributed by atoms with Gasteiger partial charge in [-0.25, -0.2) is 0 Å². The van der Waals surface area contributed by atoms with Crippen LogP contribution in [0.1, 0.15) is 239 Å². The van der Waals surface area contributed by atoms with Gasteiger partial charge in [-0.05, 0) is 96.3 Å². The molecule has 56 heavy (non-hydrogen) atoms. The molecule has 0 bridgehead atoms. The number of carbonyl (C=O) groups is 2. The fraction of sp³-hybridized carbons (Fsp3) is 0.804. The highest BCUT2D eigenvalue weighted by Gasteiger charge is 2.17. The van der Waals surface area contributed by atoms with Crippen LogP contribution in [-0.2, 0) is 23.8 Å². The van der Waals surface area contributed by atoms with Crippen LogP contribution in [0.15, 0.2) is 48.6 Å². The number of hydrogen-bond donors (Lipinski definition) is 0. The Kier molecular flexibility index (Phi) is 45.4. The van der Waals surface area contributed by atoms with Gasteiger partial charge < -0.3 is 14.2 Å². The molecule has 0 rings (SSSR count). The Labute approximate surface area is 348 Å². The first-order chi connectivity index (χ1) is 27.6. The topological polar surface area (TPSA) is 61.8 Å². The van der Waals surface area contributed by atoms with Crippen LogP contribution >= 0.6 is 0 Å². The van der Waals surface area contributed by atoms with E-state index in [2.05, 4.69) is 69.4 Å². The van der Waals surface area contributed by atoms with Crippen molar-refractivity contribution < 1.29 is 23.8 Å². The summed E-state index contributed by atoms with van der Waals surface area (Å²) in [6.07, 6.45) is 56.8. The van der Waals surface area contributed by atoms with E-state index in [0.717, 1.165) is 70.6 Å². The Morgan fingerprint density at radius 1 is 0.393 bits per heavy atom. The molecule has 0 saturated heterocycles. The van der Waals surface area contributed by atoms with Gasteiger partial charge in [0, 0.05) is 19.4 Å². The molecule has 0 aromatic heterocycles. The third-order valence-electron chi connectivity index (χ3n) is 10.3. The Hall–Kier alpha value is -2.14. The van der Waals surface area contributed by atoms with Crippen LogP contribution in [0.4, 0.5) is 0 Å². The second-order valence-corrected chi connectivity index (χ2v) is 16.0. The molecular weight excluding hydrogens is 693 g/mol. The summed E-state index contributed by atoms with van der Waals surface area (Å²) in [6, 6.07) is 0. The van der Waals surface area contributed by atoms with Crippen molar-refractivity contribution in [1.29, 1.82) is 0 Å². The van der Waals surface area contributed by atoms with Crippen molar-refractivity contribution in [2.75, 3.05) is 19.8 Å². The zero-order valence-electron chi connectivity index (χ0n) is 37.4. The van der Waals surface area contributed by atoms with Gasteiger partial charge in [-0.15, -0.1) is 0 Å². The van der Waals surface area contributed by atoms with Crippen molar-refractivity contribution in [2.24, 2.45) is 0 Å². The summed E-state index contributed by atoms with van der Waals surface area (Å²) in [5.41, 5.74) is 0. The zero-order valence-corrected chi connectivity index (χ0v) is 37.4. The number of hydrogen-bond acceptors (Lipinski definition) is 5. The first kappa shape index (κ1) is 53.9. The van der Waals surface area contributed by atoms with Crippen LogP contribution in [0.2, 0.25) is 0 Å². The molecule has 1 atom stereocenters. The fourth-order valence-corrected chi connectivity index (χ4v) is 6.63. The second-order valence-electron chi connectivity index (χ2n) is 16.0. The molecule has 0 amide bonds.